The fraction of sp³-hybridized carbons (Fsp3) is 0.250. The normalized spacial score (nSPS) is 13.4. The first-order valence-electron chi connectivity index (χ1n) is 10.7. The van der Waals surface area contributed by atoms with Gasteiger partial charge in [-0.15, -0.1) is 6.58 Å². The Hall–Kier alpha value is -3.98. The number of aromatic nitrogens is 3. The molecule has 0 radical (unpaired) electrons. The zero-order valence-electron chi connectivity index (χ0n) is 18.5. The third-order valence-corrected chi connectivity index (χ3v) is 5.29. The molecule has 9 heteroatoms. The van der Waals surface area contributed by atoms with Crippen LogP contribution in [-0.4, -0.2) is 47.2 Å². The highest BCUT2D eigenvalue weighted by Gasteiger charge is 2.15. The highest BCUT2D eigenvalue weighted by atomic mass is 16.5. The molecule has 3 aromatic rings. The van der Waals surface area contributed by atoms with Crippen LogP contribution in [0.4, 0.5) is 28.7 Å². The van der Waals surface area contributed by atoms with Crippen molar-refractivity contribution < 1.29 is 9.53 Å². The number of aryl methyl sites for hydroxylation is 1. The largest absolute Gasteiger partial charge is 0.394 e. The number of morpholine rings is 1. The Labute approximate surface area is 192 Å². The van der Waals surface area contributed by atoms with Gasteiger partial charge in [0.1, 0.15) is 11.6 Å². The second kappa shape index (κ2) is 10.1. The first kappa shape index (κ1) is 22.2. The van der Waals surface area contributed by atoms with E-state index in [4.69, 9.17) is 10.5 Å². The number of nitrogens with zero attached hydrogens (tertiary/aromatic N) is 4. The van der Waals surface area contributed by atoms with Gasteiger partial charge in [-0.05, 0) is 36.8 Å². The summed E-state index contributed by atoms with van der Waals surface area (Å²) in [4.78, 5) is 28.1. The van der Waals surface area contributed by atoms with Gasteiger partial charge in [-0.3, -0.25) is 4.79 Å². The lowest BCUT2D eigenvalue weighted by molar-refractivity contribution is 0.102. The molecule has 1 aromatic carbocycles. The molecule has 1 saturated heterocycles. The van der Waals surface area contributed by atoms with E-state index >= 15 is 0 Å². The predicted octanol–water partition coefficient (Wildman–Crippen LogP) is 3.32. The van der Waals surface area contributed by atoms with Crippen molar-refractivity contribution in [3.8, 4) is 0 Å². The van der Waals surface area contributed by atoms with E-state index in [9.17, 15) is 4.79 Å². The molecule has 9 nitrogen and oxygen atoms in total. The van der Waals surface area contributed by atoms with Crippen molar-refractivity contribution in [3.05, 3.63) is 72.3 Å². The Balaban J connectivity index is 1.51. The number of ether oxygens (including phenoxy) is 1. The average Bonchev–Trinajstić information content (AvgIpc) is 2.84. The van der Waals surface area contributed by atoms with Crippen LogP contribution in [0.1, 0.15) is 21.7 Å². The van der Waals surface area contributed by atoms with Crippen molar-refractivity contribution in [1.29, 1.82) is 0 Å². The summed E-state index contributed by atoms with van der Waals surface area (Å²) in [7, 11) is 0. The highest BCUT2D eigenvalue weighted by Crippen LogP contribution is 2.26. The zero-order chi connectivity index (χ0) is 23.2. The number of hydrogen-bond donors (Lipinski definition) is 3. The molecule has 33 heavy (non-hydrogen) atoms. The van der Waals surface area contributed by atoms with Gasteiger partial charge in [0.05, 0.1) is 25.1 Å². The van der Waals surface area contributed by atoms with Gasteiger partial charge in [0, 0.05) is 42.6 Å². The van der Waals surface area contributed by atoms with Crippen molar-refractivity contribution in [2.24, 2.45) is 0 Å². The minimum absolute atomic E-state index is 0.212. The number of hydrogen-bond acceptors (Lipinski definition) is 8. The molecule has 0 aliphatic carbocycles. The zero-order valence-corrected chi connectivity index (χ0v) is 18.5. The summed E-state index contributed by atoms with van der Waals surface area (Å²) < 4.78 is 5.39. The Morgan fingerprint density at radius 1 is 1.24 bits per heavy atom. The van der Waals surface area contributed by atoms with E-state index in [1.807, 2.05) is 25.1 Å². The summed E-state index contributed by atoms with van der Waals surface area (Å²) >= 11 is 0. The van der Waals surface area contributed by atoms with E-state index in [-0.39, 0.29) is 5.91 Å². The Morgan fingerprint density at radius 2 is 2.06 bits per heavy atom. The fourth-order valence-electron chi connectivity index (χ4n) is 3.45. The molecule has 0 bridgehead atoms. The van der Waals surface area contributed by atoms with Crippen LogP contribution in [0.2, 0.25) is 0 Å². The molecule has 1 aliphatic heterocycles. The van der Waals surface area contributed by atoms with E-state index in [1.165, 1.54) is 0 Å². The van der Waals surface area contributed by atoms with E-state index in [0.29, 0.717) is 48.2 Å². The van der Waals surface area contributed by atoms with Crippen molar-refractivity contribution in [2.45, 2.75) is 13.3 Å². The second-order valence-corrected chi connectivity index (χ2v) is 7.69. The van der Waals surface area contributed by atoms with Crippen molar-refractivity contribution in [2.75, 3.05) is 47.6 Å². The smallest absolute Gasteiger partial charge is 0.255 e. The van der Waals surface area contributed by atoms with Gasteiger partial charge in [0.15, 0.2) is 5.82 Å². The molecule has 1 aliphatic rings. The minimum Gasteiger partial charge on any atom is -0.394 e. The van der Waals surface area contributed by atoms with Crippen LogP contribution in [0.5, 0.6) is 0 Å². The number of nitrogens with two attached hydrogens (primary N) is 1. The minimum atomic E-state index is -0.212. The van der Waals surface area contributed by atoms with Crippen molar-refractivity contribution in [3.63, 3.8) is 0 Å². The number of benzene rings is 1. The Morgan fingerprint density at radius 3 is 2.85 bits per heavy atom. The standard InChI is InChI=1S/C24H27N7O2/c1-3-4-21-27-15-19(25)23(30-21)29-20-14-18(6-5-16(20)2)28-24(32)17-7-8-26-22(13-17)31-9-11-33-12-10-31/h3,5-8,13-15H,1,4,9-12,25H2,2H3,(H,28,32)(H,27,29,30). The average molecular weight is 446 g/mol. The number of pyridine rings is 1. The first-order valence-corrected chi connectivity index (χ1v) is 10.7. The monoisotopic (exact) mass is 445 g/mol. The number of carbonyl (C=O) groups is 1. The van der Waals surface area contributed by atoms with E-state index in [0.717, 1.165) is 30.2 Å². The second-order valence-electron chi connectivity index (χ2n) is 7.69. The number of rotatable bonds is 7. The summed E-state index contributed by atoms with van der Waals surface area (Å²) in [5.74, 6) is 1.69. The summed E-state index contributed by atoms with van der Waals surface area (Å²) in [5, 5.41) is 6.22. The topological polar surface area (TPSA) is 118 Å². The lowest BCUT2D eigenvalue weighted by atomic mass is 10.1. The molecule has 4 N–H and O–H groups in total. The van der Waals surface area contributed by atoms with Crippen molar-refractivity contribution in [1.82, 2.24) is 15.0 Å². The maximum Gasteiger partial charge on any atom is 0.255 e. The molecule has 1 amide bonds. The number of carbonyl (C=O) groups excluding carboxylic acids is 1. The molecule has 0 unspecified atom stereocenters. The molecule has 170 valence electrons. The maximum absolute atomic E-state index is 12.9. The van der Waals surface area contributed by atoms with Crippen LogP contribution >= 0.6 is 0 Å². The molecule has 0 atom stereocenters. The molecule has 3 heterocycles. The summed E-state index contributed by atoms with van der Waals surface area (Å²) in [6.45, 7) is 8.51. The first-order chi connectivity index (χ1) is 16.0. The SMILES string of the molecule is C=CCc1ncc(N)c(Nc2cc(NC(=O)c3ccnc(N4CCOCC4)c3)ccc2C)n1. The Bertz CT molecular complexity index is 1160. The predicted molar refractivity (Wildman–Crippen MR) is 130 cm³/mol. The fourth-order valence-corrected chi connectivity index (χ4v) is 3.45. The third-order valence-electron chi connectivity index (χ3n) is 5.29. The van der Waals surface area contributed by atoms with Gasteiger partial charge in [-0.1, -0.05) is 12.1 Å². The molecular formula is C24H27N7O2. The van der Waals surface area contributed by atoms with Crippen LogP contribution in [0.25, 0.3) is 0 Å². The van der Waals surface area contributed by atoms with Gasteiger partial charge in [-0.2, -0.15) is 0 Å². The van der Waals surface area contributed by atoms with E-state index in [1.54, 1.807) is 30.6 Å². The number of anilines is 5. The summed E-state index contributed by atoms with van der Waals surface area (Å²) in [5.41, 5.74) is 9.44. The van der Waals surface area contributed by atoms with Crippen LogP contribution in [0, 0.1) is 6.92 Å². The number of amides is 1. The van der Waals surface area contributed by atoms with Gasteiger partial charge in [0.25, 0.3) is 5.91 Å². The van der Waals surface area contributed by atoms with Crippen LogP contribution in [-0.2, 0) is 11.2 Å². The molecule has 4 rings (SSSR count). The van der Waals surface area contributed by atoms with Gasteiger partial charge in [-0.25, -0.2) is 15.0 Å². The quantitative estimate of drug-likeness (QED) is 0.474. The van der Waals surface area contributed by atoms with E-state index in [2.05, 4.69) is 37.1 Å². The molecule has 1 fully saturated rings. The summed E-state index contributed by atoms with van der Waals surface area (Å²) in [6.07, 6.45) is 5.51. The molecular weight excluding hydrogens is 418 g/mol. The lowest BCUT2D eigenvalue weighted by Crippen LogP contribution is -2.36. The van der Waals surface area contributed by atoms with Crippen LogP contribution in [0.15, 0.2) is 55.4 Å². The van der Waals surface area contributed by atoms with Crippen LogP contribution in [0.3, 0.4) is 0 Å². The van der Waals surface area contributed by atoms with Gasteiger partial charge < -0.3 is 26.0 Å². The number of allylic oxidation sites excluding steroid dienone is 1. The number of nitrogens with one attached hydrogen (secondary N) is 2. The molecule has 0 spiro atoms. The maximum atomic E-state index is 12.9. The van der Waals surface area contributed by atoms with Crippen LogP contribution < -0.4 is 21.3 Å². The van der Waals surface area contributed by atoms with Gasteiger partial charge >= 0.3 is 0 Å². The Kier molecular flexibility index (Phi) is 6.80. The van der Waals surface area contributed by atoms with Crippen molar-refractivity contribution >= 4 is 34.6 Å². The molecule has 2 aromatic heterocycles. The number of nitrogen functional groups attached to an aromatic ring is 1. The van der Waals surface area contributed by atoms with Gasteiger partial charge in [0.2, 0.25) is 0 Å². The third kappa shape index (κ3) is 5.45. The highest BCUT2D eigenvalue weighted by molar-refractivity contribution is 6.05. The molecule has 0 saturated carbocycles. The van der Waals surface area contributed by atoms with E-state index < -0.39 is 0 Å². The summed E-state index contributed by atoms with van der Waals surface area (Å²) in [6, 6.07) is 9.14. The lowest BCUT2D eigenvalue weighted by Gasteiger charge is -2.27.